The molecule has 0 fully saturated rings. The number of aryl methyl sites for hydroxylation is 2. The van der Waals surface area contributed by atoms with Gasteiger partial charge in [-0.2, -0.15) is 0 Å². The third-order valence-electron chi connectivity index (χ3n) is 6.04. The minimum absolute atomic E-state index is 0.0607. The van der Waals surface area contributed by atoms with E-state index in [2.05, 4.69) is 5.32 Å². The van der Waals surface area contributed by atoms with Crippen molar-refractivity contribution in [2.45, 2.75) is 19.0 Å². The number of rotatable bonds is 10. The van der Waals surface area contributed by atoms with Gasteiger partial charge >= 0.3 is 0 Å². The maximum Gasteiger partial charge on any atom is 0.266 e. The molecule has 3 aromatic carbocycles. The van der Waals surface area contributed by atoms with Crippen LogP contribution in [0.3, 0.4) is 0 Å². The largest absolute Gasteiger partial charge is 0.497 e. The molecule has 0 aliphatic carbocycles. The average Bonchev–Trinajstić information content (AvgIpc) is 2.91. The van der Waals surface area contributed by atoms with E-state index >= 15 is 0 Å². The Balaban J connectivity index is 1.75. The van der Waals surface area contributed by atoms with Crippen molar-refractivity contribution in [2.75, 3.05) is 33.1 Å². The van der Waals surface area contributed by atoms with Crippen molar-refractivity contribution in [3.05, 3.63) is 93.3 Å². The minimum atomic E-state index is -0.298. The Morgan fingerprint density at radius 1 is 1.00 bits per heavy atom. The molecule has 1 heterocycles. The van der Waals surface area contributed by atoms with Gasteiger partial charge in [-0.1, -0.05) is 35.5 Å². The Morgan fingerprint density at radius 2 is 1.76 bits per heavy atom. The molecule has 0 unspecified atom stereocenters. The maximum atomic E-state index is 13.7. The van der Waals surface area contributed by atoms with E-state index in [0.717, 1.165) is 11.1 Å². The van der Waals surface area contributed by atoms with Crippen LogP contribution >= 0.6 is 11.8 Å². The SMILES string of the molecule is COCCNC(=O)c1ccc2c(=O)n(-c3ccc(OC)cc3)c(SCC(=O)c3ccc(C)cc3C)nc2c1. The first-order valence-electron chi connectivity index (χ1n) is 12.0. The van der Waals surface area contributed by atoms with Crippen LogP contribution in [-0.4, -0.2) is 54.4 Å². The number of carbonyl (C=O) groups is 2. The van der Waals surface area contributed by atoms with Crippen molar-refractivity contribution in [1.29, 1.82) is 0 Å². The van der Waals surface area contributed by atoms with Crippen LogP contribution in [0.15, 0.2) is 70.6 Å². The lowest BCUT2D eigenvalue weighted by Crippen LogP contribution is -2.27. The Kier molecular flexibility index (Phi) is 8.60. The highest BCUT2D eigenvalue weighted by molar-refractivity contribution is 7.99. The van der Waals surface area contributed by atoms with Gasteiger partial charge < -0.3 is 14.8 Å². The van der Waals surface area contributed by atoms with Gasteiger partial charge in [-0.25, -0.2) is 4.98 Å². The van der Waals surface area contributed by atoms with E-state index in [-0.39, 0.29) is 23.0 Å². The van der Waals surface area contributed by atoms with E-state index in [1.807, 2.05) is 32.0 Å². The van der Waals surface area contributed by atoms with Crippen LogP contribution in [0.1, 0.15) is 31.8 Å². The fraction of sp³-hybridized carbons (Fsp3) is 0.241. The van der Waals surface area contributed by atoms with Crippen LogP contribution in [0.5, 0.6) is 5.75 Å². The fourth-order valence-corrected chi connectivity index (χ4v) is 4.96. The molecule has 0 atom stereocenters. The fourth-order valence-electron chi connectivity index (χ4n) is 4.07. The Morgan fingerprint density at radius 3 is 2.45 bits per heavy atom. The van der Waals surface area contributed by atoms with E-state index in [0.29, 0.717) is 51.8 Å². The van der Waals surface area contributed by atoms with E-state index in [9.17, 15) is 14.4 Å². The van der Waals surface area contributed by atoms with E-state index in [1.54, 1.807) is 56.7 Å². The third-order valence-corrected chi connectivity index (χ3v) is 6.98. The molecule has 1 amide bonds. The molecule has 196 valence electrons. The zero-order valence-corrected chi connectivity index (χ0v) is 22.6. The van der Waals surface area contributed by atoms with Crippen LogP contribution in [0.4, 0.5) is 0 Å². The zero-order chi connectivity index (χ0) is 27.2. The molecule has 0 saturated carbocycles. The highest BCUT2D eigenvalue weighted by Crippen LogP contribution is 2.25. The first-order valence-corrected chi connectivity index (χ1v) is 13.0. The molecule has 0 spiro atoms. The minimum Gasteiger partial charge on any atom is -0.497 e. The summed E-state index contributed by atoms with van der Waals surface area (Å²) in [6.07, 6.45) is 0. The summed E-state index contributed by atoms with van der Waals surface area (Å²) in [4.78, 5) is 44.1. The molecule has 1 N–H and O–H groups in total. The average molecular weight is 532 g/mol. The monoisotopic (exact) mass is 531 g/mol. The lowest BCUT2D eigenvalue weighted by molar-refractivity contribution is 0.0936. The van der Waals surface area contributed by atoms with Gasteiger partial charge in [0.25, 0.3) is 11.5 Å². The van der Waals surface area contributed by atoms with Gasteiger partial charge in [0.05, 0.1) is 36.1 Å². The Labute approximate surface area is 225 Å². The summed E-state index contributed by atoms with van der Waals surface area (Å²) in [7, 11) is 3.13. The molecule has 38 heavy (non-hydrogen) atoms. The number of hydrogen-bond acceptors (Lipinski definition) is 7. The maximum absolute atomic E-state index is 13.7. The Hall–Kier alpha value is -3.95. The summed E-state index contributed by atoms with van der Waals surface area (Å²) in [6.45, 7) is 4.64. The number of amides is 1. The molecule has 0 bridgehead atoms. The number of nitrogens with zero attached hydrogens (tertiary/aromatic N) is 2. The number of carbonyl (C=O) groups excluding carboxylic acids is 2. The van der Waals surface area contributed by atoms with Crippen molar-refractivity contribution >= 4 is 34.4 Å². The first-order chi connectivity index (χ1) is 18.3. The van der Waals surface area contributed by atoms with Gasteiger partial charge in [0.2, 0.25) is 0 Å². The van der Waals surface area contributed by atoms with Crippen LogP contribution in [0, 0.1) is 13.8 Å². The van der Waals surface area contributed by atoms with Gasteiger partial charge in [-0.3, -0.25) is 19.0 Å². The van der Waals surface area contributed by atoms with Crippen molar-refractivity contribution in [1.82, 2.24) is 14.9 Å². The second-order valence-corrected chi connectivity index (χ2v) is 9.69. The van der Waals surface area contributed by atoms with E-state index in [4.69, 9.17) is 14.5 Å². The van der Waals surface area contributed by atoms with Crippen molar-refractivity contribution in [3.8, 4) is 11.4 Å². The molecule has 0 saturated heterocycles. The highest BCUT2D eigenvalue weighted by atomic mass is 32.2. The van der Waals surface area contributed by atoms with E-state index < -0.39 is 0 Å². The molecule has 4 aromatic rings. The van der Waals surface area contributed by atoms with Crippen molar-refractivity contribution < 1.29 is 19.1 Å². The smallest absolute Gasteiger partial charge is 0.266 e. The van der Waals surface area contributed by atoms with Gasteiger partial charge in [0.15, 0.2) is 10.9 Å². The normalized spacial score (nSPS) is 10.9. The summed E-state index contributed by atoms with van der Waals surface area (Å²) in [6, 6.07) is 17.5. The summed E-state index contributed by atoms with van der Waals surface area (Å²) < 4.78 is 11.7. The molecule has 9 heteroatoms. The molecular formula is C29H29N3O5S. The number of fused-ring (bicyclic) bond motifs is 1. The van der Waals surface area contributed by atoms with Gasteiger partial charge in [-0.15, -0.1) is 0 Å². The molecule has 4 rings (SSSR count). The summed E-state index contributed by atoms with van der Waals surface area (Å²) in [5, 5.41) is 3.48. The summed E-state index contributed by atoms with van der Waals surface area (Å²) in [5.41, 5.74) is 3.67. The number of benzene rings is 3. The van der Waals surface area contributed by atoms with Crippen LogP contribution in [0.2, 0.25) is 0 Å². The van der Waals surface area contributed by atoms with Crippen LogP contribution < -0.4 is 15.6 Å². The number of aromatic nitrogens is 2. The number of nitrogens with one attached hydrogen (secondary N) is 1. The number of ketones is 1. The molecule has 1 aromatic heterocycles. The molecule has 0 aliphatic rings. The number of ether oxygens (including phenoxy) is 2. The van der Waals surface area contributed by atoms with Crippen molar-refractivity contribution in [3.63, 3.8) is 0 Å². The molecule has 0 aliphatic heterocycles. The summed E-state index contributed by atoms with van der Waals surface area (Å²) >= 11 is 1.18. The first kappa shape index (κ1) is 27.1. The second kappa shape index (κ2) is 12.1. The summed E-state index contributed by atoms with van der Waals surface area (Å²) in [5.74, 6) is 0.396. The number of thioether (sulfide) groups is 1. The quantitative estimate of drug-likeness (QED) is 0.140. The number of hydrogen-bond donors (Lipinski definition) is 1. The van der Waals surface area contributed by atoms with Gasteiger partial charge in [-0.05, 0) is 61.9 Å². The topological polar surface area (TPSA) is 99.5 Å². The third kappa shape index (κ3) is 5.95. The van der Waals surface area contributed by atoms with Gasteiger partial charge in [0, 0.05) is 24.8 Å². The van der Waals surface area contributed by atoms with Crippen LogP contribution in [-0.2, 0) is 4.74 Å². The molecular weight excluding hydrogens is 502 g/mol. The van der Waals surface area contributed by atoms with E-state index in [1.165, 1.54) is 16.3 Å². The molecule has 0 radical (unpaired) electrons. The lowest BCUT2D eigenvalue weighted by Gasteiger charge is -2.14. The number of Topliss-reactive ketones (excluding diaryl/α,β-unsaturated/α-hetero) is 1. The number of methoxy groups -OCH3 is 2. The lowest BCUT2D eigenvalue weighted by atomic mass is 10.0. The second-order valence-electron chi connectivity index (χ2n) is 8.74. The highest BCUT2D eigenvalue weighted by Gasteiger charge is 2.18. The zero-order valence-electron chi connectivity index (χ0n) is 21.7. The predicted molar refractivity (Wildman–Crippen MR) is 149 cm³/mol. The predicted octanol–water partition coefficient (Wildman–Crippen LogP) is 4.36. The van der Waals surface area contributed by atoms with Crippen LogP contribution in [0.25, 0.3) is 16.6 Å². The molecule has 8 nitrogen and oxygen atoms in total. The van der Waals surface area contributed by atoms with Crippen molar-refractivity contribution in [2.24, 2.45) is 0 Å². The standard InChI is InChI=1S/C29H29N3O5S/c1-18-5-11-23(19(2)15-18)26(33)17-38-29-31-25-16-20(27(34)30-13-14-36-3)6-12-24(25)28(35)32(29)21-7-9-22(37-4)10-8-21/h5-12,15-16H,13-14,17H2,1-4H3,(H,30,34). The Bertz CT molecular complexity index is 1550. The van der Waals surface area contributed by atoms with Gasteiger partial charge in [0.1, 0.15) is 5.75 Å².